The zero-order chi connectivity index (χ0) is 28.9. The van der Waals surface area contributed by atoms with Gasteiger partial charge in [-0.2, -0.15) is 10.2 Å². The van der Waals surface area contributed by atoms with Crippen molar-refractivity contribution in [3.05, 3.63) is 72.1 Å². The van der Waals surface area contributed by atoms with Gasteiger partial charge in [-0.25, -0.2) is 19.0 Å². The lowest BCUT2D eigenvalue weighted by molar-refractivity contribution is 0.0928. The van der Waals surface area contributed by atoms with Gasteiger partial charge in [-0.15, -0.1) is 5.10 Å². The van der Waals surface area contributed by atoms with E-state index in [0.717, 1.165) is 27.8 Å². The summed E-state index contributed by atoms with van der Waals surface area (Å²) >= 11 is 0. The number of carbonyl (C=O) groups excluding carboxylic acids is 1. The Morgan fingerprint density at radius 2 is 1.90 bits per heavy atom. The summed E-state index contributed by atoms with van der Waals surface area (Å²) in [4.78, 5) is 31.5. The minimum absolute atomic E-state index is 0.183. The summed E-state index contributed by atoms with van der Waals surface area (Å²) in [6.45, 7) is 6.37. The highest BCUT2D eigenvalue weighted by atomic mass is 16.4. The van der Waals surface area contributed by atoms with Crippen molar-refractivity contribution >= 4 is 17.5 Å². The van der Waals surface area contributed by atoms with Crippen LogP contribution in [0.4, 0.5) is 4.79 Å². The Hall–Kier alpha value is -5.07. The topological polar surface area (TPSA) is 148 Å². The molecular weight excluding hydrogens is 524 g/mol. The lowest BCUT2D eigenvalue weighted by atomic mass is 9.95. The first-order valence-electron chi connectivity index (χ1n) is 13.2. The summed E-state index contributed by atoms with van der Waals surface area (Å²) < 4.78 is 5.13. The molecule has 0 radical (unpaired) electrons. The van der Waals surface area contributed by atoms with Crippen molar-refractivity contribution in [2.45, 2.75) is 45.3 Å². The minimum Gasteiger partial charge on any atom is -0.465 e. The number of aryl methyl sites for hydroxylation is 1. The minimum atomic E-state index is -1.02. The molecule has 2 N–H and O–H groups in total. The van der Waals surface area contributed by atoms with E-state index >= 15 is 0 Å². The van der Waals surface area contributed by atoms with Gasteiger partial charge in [0.05, 0.1) is 53.3 Å². The van der Waals surface area contributed by atoms with Gasteiger partial charge in [0.25, 0.3) is 5.91 Å². The summed E-state index contributed by atoms with van der Waals surface area (Å²) in [5.41, 5.74) is 5.42. The third-order valence-corrected chi connectivity index (χ3v) is 7.22. The van der Waals surface area contributed by atoms with E-state index < -0.39 is 12.1 Å². The fourth-order valence-electron chi connectivity index (χ4n) is 5.03. The number of rotatable bonds is 4. The molecule has 6 rings (SSSR count). The molecule has 4 aromatic heterocycles. The van der Waals surface area contributed by atoms with E-state index in [-0.39, 0.29) is 30.2 Å². The molecule has 0 bridgehead atoms. The van der Waals surface area contributed by atoms with Gasteiger partial charge in [0.15, 0.2) is 5.69 Å². The molecule has 0 aliphatic carbocycles. The number of nitrogens with one attached hydrogen (secondary N) is 1. The van der Waals surface area contributed by atoms with Crippen LogP contribution in [-0.4, -0.2) is 67.9 Å². The van der Waals surface area contributed by atoms with E-state index in [0.29, 0.717) is 17.8 Å². The van der Waals surface area contributed by atoms with Crippen LogP contribution in [0.5, 0.6) is 0 Å². The maximum atomic E-state index is 13.2. The van der Waals surface area contributed by atoms with Crippen LogP contribution in [0.25, 0.3) is 28.0 Å². The fourth-order valence-corrected chi connectivity index (χ4v) is 5.03. The maximum Gasteiger partial charge on any atom is 0.407 e. The van der Waals surface area contributed by atoms with Crippen LogP contribution in [-0.2, 0) is 19.1 Å². The summed E-state index contributed by atoms with van der Waals surface area (Å²) in [6.07, 6.45) is 8.22. The predicted molar refractivity (Wildman–Crippen MR) is 149 cm³/mol. The third-order valence-electron chi connectivity index (χ3n) is 7.22. The van der Waals surface area contributed by atoms with Gasteiger partial charge in [-0.05, 0) is 50.5 Å². The lowest BCUT2D eigenvalue weighted by Crippen LogP contribution is -2.32. The average Bonchev–Trinajstić information content (AvgIpc) is 3.68. The van der Waals surface area contributed by atoms with Crippen LogP contribution >= 0.6 is 0 Å². The molecule has 0 saturated heterocycles. The molecule has 0 saturated carbocycles. The number of benzene rings is 1. The highest BCUT2D eigenvalue weighted by Crippen LogP contribution is 2.33. The molecule has 5 heterocycles. The number of hydrogen-bond acceptors (Lipinski definition) is 7. The van der Waals surface area contributed by atoms with Crippen LogP contribution < -0.4 is 5.32 Å². The van der Waals surface area contributed by atoms with E-state index in [1.807, 2.05) is 64.5 Å². The Balaban J connectivity index is 1.38. The SMILES string of the molecule is Cn1cc(-c2cn3nccc3c(-c3ccc4c(c3)CN(C(=O)O)CC[C@H]4NC(=O)c3cn(C(C)(C)C)nn3)n2)cn1. The molecule has 0 unspecified atom stereocenters. The average molecular weight is 555 g/mol. The van der Waals surface area contributed by atoms with E-state index in [1.54, 1.807) is 32.5 Å². The van der Waals surface area contributed by atoms with Crippen molar-refractivity contribution < 1.29 is 14.7 Å². The number of amides is 2. The fraction of sp³-hybridized carbons (Fsp3) is 0.321. The third kappa shape index (κ3) is 5.01. The zero-order valence-electron chi connectivity index (χ0n) is 23.2. The molecule has 1 aliphatic rings. The van der Waals surface area contributed by atoms with Crippen LogP contribution in [0.15, 0.2) is 55.2 Å². The van der Waals surface area contributed by atoms with E-state index in [2.05, 4.69) is 25.8 Å². The normalized spacial score (nSPS) is 15.5. The van der Waals surface area contributed by atoms with Gasteiger partial charge in [-0.3, -0.25) is 9.48 Å². The Kier molecular flexibility index (Phi) is 6.28. The molecule has 210 valence electrons. The predicted octanol–water partition coefficient (Wildman–Crippen LogP) is 3.50. The van der Waals surface area contributed by atoms with Crippen molar-refractivity contribution in [3.63, 3.8) is 0 Å². The molecule has 0 fully saturated rings. The van der Waals surface area contributed by atoms with Crippen LogP contribution in [0.1, 0.15) is 54.8 Å². The maximum absolute atomic E-state index is 13.2. The number of nitrogens with zero attached hydrogens (tertiary/aromatic N) is 9. The van der Waals surface area contributed by atoms with Gasteiger partial charge in [0, 0.05) is 37.5 Å². The Morgan fingerprint density at radius 1 is 1.07 bits per heavy atom. The number of fused-ring (bicyclic) bond motifs is 2. The highest BCUT2D eigenvalue weighted by molar-refractivity contribution is 5.92. The molecule has 13 heteroatoms. The standard InChI is InChI=1S/C28H30N10O3/c1-28(2,3)38-16-23(33-34-38)26(39)32-21-8-10-36(27(40)41)14-18-11-17(5-6-20(18)21)25-24-7-9-29-37(24)15-22(31-25)19-12-30-35(4)13-19/h5-7,9,11-13,15-16,21H,8,10,14H2,1-4H3,(H,32,39)(H,40,41)/t21-/m1/s1. The molecule has 5 aromatic rings. The van der Waals surface area contributed by atoms with Gasteiger partial charge < -0.3 is 15.3 Å². The van der Waals surface area contributed by atoms with Crippen LogP contribution in [0.2, 0.25) is 0 Å². The quantitative estimate of drug-likeness (QED) is 0.343. The second kappa shape index (κ2) is 9.84. The molecule has 1 atom stereocenters. The van der Waals surface area contributed by atoms with Crippen molar-refractivity contribution in [2.24, 2.45) is 7.05 Å². The van der Waals surface area contributed by atoms with Gasteiger partial charge in [0.2, 0.25) is 0 Å². The molecule has 41 heavy (non-hydrogen) atoms. The summed E-state index contributed by atoms with van der Waals surface area (Å²) in [6, 6.07) is 7.32. The molecule has 0 spiro atoms. The second-order valence-corrected chi connectivity index (χ2v) is 11.2. The van der Waals surface area contributed by atoms with Crippen molar-refractivity contribution in [2.75, 3.05) is 6.54 Å². The molecule has 1 aromatic carbocycles. The van der Waals surface area contributed by atoms with Crippen molar-refractivity contribution in [1.82, 2.24) is 49.6 Å². The molecule has 2 amide bonds. The summed E-state index contributed by atoms with van der Waals surface area (Å²) in [5.74, 6) is -0.365. The van der Waals surface area contributed by atoms with Crippen LogP contribution in [0, 0.1) is 0 Å². The van der Waals surface area contributed by atoms with Crippen molar-refractivity contribution in [3.8, 4) is 22.5 Å². The van der Waals surface area contributed by atoms with E-state index in [9.17, 15) is 14.7 Å². The van der Waals surface area contributed by atoms with Crippen LogP contribution in [0.3, 0.4) is 0 Å². The Bertz CT molecular complexity index is 1780. The van der Waals surface area contributed by atoms with E-state index in [1.165, 1.54) is 4.90 Å². The molecule has 13 nitrogen and oxygen atoms in total. The second-order valence-electron chi connectivity index (χ2n) is 11.2. The molecule has 1 aliphatic heterocycles. The first kappa shape index (κ1) is 26.2. The first-order chi connectivity index (χ1) is 19.6. The summed E-state index contributed by atoms with van der Waals surface area (Å²) in [5, 5.41) is 29.8. The number of aromatic nitrogens is 8. The van der Waals surface area contributed by atoms with Gasteiger partial charge >= 0.3 is 6.09 Å². The number of hydrogen-bond donors (Lipinski definition) is 2. The zero-order valence-corrected chi connectivity index (χ0v) is 23.2. The van der Waals surface area contributed by atoms with Gasteiger partial charge in [0.1, 0.15) is 0 Å². The summed E-state index contributed by atoms with van der Waals surface area (Å²) in [7, 11) is 1.85. The van der Waals surface area contributed by atoms with Gasteiger partial charge in [-0.1, -0.05) is 17.3 Å². The van der Waals surface area contributed by atoms with Crippen molar-refractivity contribution in [1.29, 1.82) is 0 Å². The lowest BCUT2D eigenvalue weighted by Gasteiger charge is -2.19. The first-order valence-corrected chi connectivity index (χ1v) is 13.2. The number of carbonyl (C=O) groups is 2. The monoisotopic (exact) mass is 554 g/mol. The Labute approximate surface area is 235 Å². The number of carboxylic acid groups (broad SMARTS) is 1. The molecular formula is C28H30N10O3. The highest BCUT2D eigenvalue weighted by Gasteiger charge is 2.28. The largest absolute Gasteiger partial charge is 0.465 e. The van der Waals surface area contributed by atoms with E-state index in [4.69, 9.17) is 4.98 Å². The Morgan fingerprint density at radius 3 is 2.61 bits per heavy atom. The smallest absolute Gasteiger partial charge is 0.407 e.